The Kier molecular flexibility index (Phi) is 6.11. The quantitative estimate of drug-likeness (QED) is 0.614. The van der Waals surface area contributed by atoms with E-state index in [1.54, 1.807) is 0 Å². The minimum atomic E-state index is 0.0987. The van der Waals surface area contributed by atoms with Gasteiger partial charge in [0.2, 0.25) is 5.91 Å². The van der Waals surface area contributed by atoms with E-state index in [1.807, 2.05) is 6.07 Å². The van der Waals surface area contributed by atoms with Gasteiger partial charge in [-0.1, -0.05) is 18.2 Å². The van der Waals surface area contributed by atoms with Crippen LogP contribution >= 0.6 is 0 Å². The van der Waals surface area contributed by atoms with E-state index in [4.69, 9.17) is 4.98 Å². The van der Waals surface area contributed by atoms with Gasteiger partial charge in [-0.05, 0) is 68.6 Å². The zero-order valence-electron chi connectivity index (χ0n) is 20.1. The van der Waals surface area contributed by atoms with Gasteiger partial charge in [0, 0.05) is 45.5 Å². The van der Waals surface area contributed by atoms with Crippen LogP contribution < -0.4 is 4.90 Å². The Labute approximate surface area is 196 Å². The van der Waals surface area contributed by atoms with Crippen LogP contribution in [-0.4, -0.2) is 64.5 Å². The Morgan fingerprint density at radius 1 is 1.00 bits per heavy atom. The minimum Gasteiger partial charge on any atom is -0.368 e. The van der Waals surface area contributed by atoms with Crippen molar-refractivity contribution >= 4 is 22.6 Å². The maximum Gasteiger partial charge on any atom is 0.227 e. The summed E-state index contributed by atoms with van der Waals surface area (Å²) in [5.74, 6) is 1.51. The molecule has 174 valence electrons. The highest BCUT2D eigenvalue weighted by atomic mass is 16.2. The van der Waals surface area contributed by atoms with Gasteiger partial charge < -0.3 is 14.4 Å². The van der Waals surface area contributed by atoms with E-state index in [0.29, 0.717) is 5.91 Å². The first-order valence-electron chi connectivity index (χ1n) is 12.2. The second-order valence-corrected chi connectivity index (χ2v) is 9.73. The number of benzene rings is 2. The highest BCUT2D eigenvalue weighted by molar-refractivity contribution is 5.79. The third-order valence-electron chi connectivity index (χ3n) is 7.55. The first kappa shape index (κ1) is 22.0. The van der Waals surface area contributed by atoms with Crippen LogP contribution in [0.3, 0.4) is 0 Å². The predicted octanol–water partition coefficient (Wildman–Crippen LogP) is 3.75. The molecule has 0 unspecified atom stereocenters. The Morgan fingerprint density at radius 3 is 2.55 bits per heavy atom. The third-order valence-corrected chi connectivity index (χ3v) is 7.55. The summed E-state index contributed by atoms with van der Waals surface area (Å²) in [6.45, 7) is 10.4. The molecular formula is C27H35N5O. The molecule has 3 heterocycles. The number of piperidine rings is 1. The molecule has 0 saturated carbocycles. The number of anilines is 1. The lowest BCUT2D eigenvalue weighted by Crippen LogP contribution is -2.52. The molecule has 6 heteroatoms. The zero-order chi connectivity index (χ0) is 22.9. The molecule has 0 N–H and O–H groups in total. The summed E-state index contributed by atoms with van der Waals surface area (Å²) in [5, 5.41) is 0. The lowest BCUT2D eigenvalue weighted by molar-refractivity contribution is -0.137. The van der Waals surface area contributed by atoms with E-state index < -0.39 is 0 Å². The van der Waals surface area contributed by atoms with Crippen molar-refractivity contribution in [2.24, 2.45) is 13.0 Å². The van der Waals surface area contributed by atoms with Crippen molar-refractivity contribution in [3.63, 3.8) is 0 Å². The van der Waals surface area contributed by atoms with E-state index >= 15 is 0 Å². The molecular weight excluding hydrogens is 410 g/mol. The number of piperazine rings is 1. The average molecular weight is 446 g/mol. The average Bonchev–Trinajstić information content (AvgIpc) is 3.16. The number of imidazole rings is 1. The van der Waals surface area contributed by atoms with Crippen molar-refractivity contribution in [2.45, 2.75) is 33.2 Å². The number of fused-ring (bicyclic) bond motifs is 1. The number of nitrogens with zero attached hydrogens (tertiary/aromatic N) is 5. The van der Waals surface area contributed by atoms with Crippen molar-refractivity contribution in [3.05, 3.63) is 59.4 Å². The van der Waals surface area contributed by atoms with E-state index in [2.05, 4.69) is 76.6 Å². The molecule has 1 amide bonds. The maximum atomic E-state index is 13.4. The first-order chi connectivity index (χ1) is 16.0. The van der Waals surface area contributed by atoms with Crippen LogP contribution in [-0.2, 0) is 18.4 Å². The third kappa shape index (κ3) is 4.49. The minimum absolute atomic E-state index is 0.0987. The summed E-state index contributed by atoms with van der Waals surface area (Å²) in [6.07, 6.45) is 2.07. The molecule has 2 fully saturated rings. The number of aryl methyl sites for hydroxylation is 3. The van der Waals surface area contributed by atoms with Gasteiger partial charge in [0.1, 0.15) is 5.82 Å². The molecule has 2 saturated heterocycles. The molecule has 5 rings (SSSR count). The normalized spacial score (nSPS) is 19.9. The Bertz CT molecular complexity index is 1140. The predicted molar refractivity (Wildman–Crippen MR) is 133 cm³/mol. The van der Waals surface area contributed by atoms with Gasteiger partial charge in [0.05, 0.1) is 23.5 Å². The van der Waals surface area contributed by atoms with Gasteiger partial charge in [0.15, 0.2) is 0 Å². The van der Waals surface area contributed by atoms with Gasteiger partial charge in [-0.2, -0.15) is 0 Å². The summed E-state index contributed by atoms with van der Waals surface area (Å²) in [4.78, 5) is 25.1. The summed E-state index contributed by atoms with van der Waals surface area (Å²) in [5.41, 5.74) is 6.14. The largest absolute Gasteiger partial charge is 0.368 e. The fourth-order valence-corrected chi connectivity index (χ4v) is 5.30. The molecule has 0 bridgehead atoms. The highest BCUT2D eigenvalue weighted by Crippen LogP contribution is 2.24. The molecule has 3 aromatic rings. The summed E-state index contributed by atoms with van der Waals surface area (Å²) >= 11 is 0. The van der Waals surface area contributed by atoms with Crippen molar-refractivity contribution < 1.29 is 4.79 Å². The second-order valence-electron chi connectivity index (χ2n) is 9.73. The number of amides is 1. The smallest absolute Gasteiger partial charge is 0.227 e. The van der Waals surface area contributed by atoms with Crippen molar-refractivity contribution in [1.29, 1.82) is 0 Å². The standard InChI is InChI=1S/C27H35N5O/c1-20-10-11-23(17-21(20)2)31-13-15-32(16-14-31)27(33)22-7-6-12-30(18-22)19-26-28-24-8-4-5-9-25(24)29(26)3/h4-5,8-11,17,22H,6-7,12-16,18-19H2,1-3H3/t22-/m1/s1. The first-order valence-corrected chi connectivity index (χ1v) is 12.2. The maximum absolute atomic E-state index is 13.4. The number of para-hydroxylation sites is 2. The Hall–Kier alpha value is -2.86. The lowest BCUT2D eigenvalue weighted by atomic mass is 9.96. The van der Waals surface area contributed by atoms with Crippen molar-refractivity contribution in [1.82, 2.24) is 19.4 Å². The summed E-state index contributed by atoms with van der Waals surface area (Å²) in [7, 11) is 2.09. The van der Waals surface area contributed by atoms with Gasteiger partial charge >= 0.3 is 0 Å². The molecule has 33 heavy (non-hydrogen) atoms. The SMILES string of the molecule is Cc1ccc(N2CCN(C(=O)[C@@H]3CCCN(Cc4nc5ccccc5n4C)C3)CC2)cc1C. The van der Waals surface area contributed by atoms with Crippen LogP contribution in [0.15, 0.2) is 42.5 Å². The monoisotopic (exact) mass is 445 g/mol. The van der Waals surface area contributed by atoms with E-state index in [-0.39, 0.29) is 5.92 Å². The van der Waals surface area contributed by atoms with Gasteiger partial charge in [0.25, 0.3) is 0 Å². The van der Waals surface area contributed by atoms with Gasteiger partial charge in [-0.25, -0.2) is 4.98 Å². The Morgan fingerprint density at radius 2 is 1.79 bits per heavy atom. The van der Waals surface area contributed by atoms with Crippen LogP contribution in [0.5, 0.6) is 0 Å². The number of carbonyl (C=O) groups excluding carboxylic acids is 1. The Balaban J connectivity index is 1.19. The van der Waals surface area contributed by atoms with Crippen LogP contribution in [0.1, 0.15) is 29.8 Å². The van der Waals surface area contributed by atoms with Crippen molar-refractivity contribution in [3.8, 4) is 0 Å². The fourth-order valence-electron chi connectivity index (χ4n) is 5.30. The van der Waals surface area contributed by atoms with Crippen LogP contribution in [0, 0.1) is 19.8 Å². The molecule has 2 aliphatic heterocycles. The molecule has 0 aliphatic carbocycles. The van der Waals surface area contributed by atoms with Crippen LogP contribution in [0.4, 0.5) is 5.69 Å². The summed E-state index contributed by atoms with van der Waals surface area (Å²) in [6, 6.07) is 15.0. The number of rotatable bonds is 4. The van der Waals surface area contributed by atoms with E-state index in [0.717, 1.165) is 70.0 Å². The van der Waals surface area contributed by atoms with Gasteiger partial charge in [-0.3, -0.25) is 9.69 Å². The lowest BCUT2D eigenvalue weighted by Gasteiger charge is -2.39. The van der Waals surface area contributed by atoms with E-state index in [9.17, 15) is 4.79 Å². The number of aromatic nitrogens is 2. The number of hydrogen-bond donors (Lipinski definition) is 0. The molecule has 0 spiro atoms. The van der Waals surface area contributed by atoms with Crippen molar-refractivity contribution in [2.75, 3.05) is 44.2 Å². The highest BCUT2D eigenvalue weighted by Gasteiger charge is 2.31. The number of hydrogen-bond acceptors (Lipinski definition) is 4. The van der Waals surface area contributed by atoms with Crippen LogP contribution in [0.2, 0.25) is 0 Å². The second kappa shape index (κ2) is 9.18. The number of carbonyl (C=O) groups is 1. The molecule has 2 aliphatic rings. The molecule has 1 atom stereocenters. The molecule has 1 aromatic heterocycles. The molecule has 0 radical (unpaired) electrons. The van der Waals surface area contributed by atoms with Crippen LogP contribution in [0.25, 0.3) is 11.0 Å². The number of likely N-dealkylation sites (tertiary alicyclic amines) is 1. The summed E-state index contributed by atoms with van der Waals surface area (Å²) < 4.78 is 2.19. The molecule has 2 aromatic carbocycles. The fraction of sp³-hybridized carbons (Fsp3) is 0.481. The topological polar surface area (TPSA) is 44.6 Å². The van der Waals surface area contributed by atoms with Gasteiger partial charge in [-0.15, -0.1) is 0 Å². The molecule has 6 nitrogen and oxygen atoms in total. The van der Waals surface area contributed by atoms with E-state index in [1.165, 1.54) is 22.3 Å². The zero-order valence-corrected chi connectivity index (χ0v) is 20.1.